The molecule has 0 radical (unpaired) electrons. The number of nitriles is 1. The zero-order valence-electron chi connectivity index (χ0n) is 10.8. The molecule has 1 aromatic heterocycles. The van der Waals surface area contributed by atoms with Gasteiger partial charge in [-0.2, -0.15) is 5.26 Å². The number of methoxy groups -OCH3 is 1. The molecule has 0 bridgehead atoms. The number of carbonyl (C=O) groups excluding carboxylic acids is 1. The number of halogens is 1. The third-order valence-electron chi connectivity index (χ3n) is 2.84. The largest absolute Gasteiger partial charge is 0.464 e. The highest BCUT2D eigenvalue weighted by atomic mass is 19.1. The molecule has 0 aliphatic rings. The molecule has 0 spiro atoms. The Bertz CT molecular complexity index is 701. The van der Waals surface area contributed by atoms with Gasteiger partial charge in [0.25, 0.3) is 0 Å². The number of nitrogens with zero attached hydrogens (tertiary/aromatic N) is 2. The second-order valence-electron chi connectivity index (χ2n) is 4.19. The van der Waals surface area contributed by atoms with Gasteiger partial charge in [-0.25, -0.2) is 9.18 Å². The summed E-state index contributed by atoms with van der Waals surface area (Å²) in [6, 6.07) is 7.33. The molecule has 1 heterocycles. The first-order valence-electron chi connectivity index (χ1n) is 5.77. The highest BCUT2D eigenvalue weighted by Crippen LogP contribution is 2.17. The molecule has 20 heavy (non-hydrogen) atoms. The molecule has 102 valence electrons. The standard InChI is InChI=1S/C14H12FN3O2/c1-20-14(19)13-5-12(17)8-18(13)7-10-4-11(15)3-2-9(10)6-16/h2-5,8H,7,17H2,1H3. The van der Waals surface area contributed by atoms with Gasteiger partial charge in [-0.05, 0) is 29.8 Å². The zero-order chi connectivity index (χ0) is 14.7. The van der Waals surface area contributed by atoms with Crippen molar-refractivity contribution in [3.8, 4) is 6.07 Å². The minimum atomic E-state index is -0.545. The monoisotopic (exact) mass is 273 g/mol. The molecule has 0 fully saturated rings. The Morgan fingerprint density at radius 3 is 2.90 bits per heavy atom. The maximum Gasteiger partial charge on any atom is 0.354 e. The van der Waals surface area contributed by atoms with Gasteiger partial charge in [-0.3, -0.25) is 0 Å². The number of nitrogen functional groups attached to an aromatic ring is 1. The lowest BCUT2D eigenvalue weighted by atomic mass is 10.1. The van der Waals surface area contributed by atoms with Crippen LogP contribution in [0.4, 0.5) is 10.1 Å². The Morgan fingerprint density at radius 1 is 1.50 bits per heavy atom. The van der Waals surface area contributed by atoms with Crippen LogP contribution in [0.1, 0.15) is 21.6 Å². The Balaban J connectivity index is 2.43. The molecule has 0 aliphatic carbocycles. The van der Waals surface area contributed by atoms with Crippen LogP contribution >= 0.6 is 0 Å². The fourth-order valence-electron chi connectivity index (χ4n) is 1.92. The Morgan fingerprint density at radius 2 is 2.25 bits per heavy atom. The van der Waals surface area contributed by atoms with Crippen LogP contribution in [0.15, 0.2) is 30.5 Å². The molecular formula is C14H12FN3O2. The Kier molecular flexibility index (Phi) is 3.71. The number of esters is 1. The molecule has 0 saturated carbocycles. The number of hydrogen-bond donors (Lipinski definition) is 1. The Labute approximate surface area is 115 Å². The minimum absolute atomic E-state index is 0.155. The van der Waals surface area contributed by atoms with Crippen LogP contribution in [0, 0.1) is 17.1 Å². The zero-order valence-corrected chi connectivity index (χ0v) is 10.8. The summed E-state index contributed by atoms with van der Waals surface area (Å²) < 4.78 is 19.5. The van der Waals surface area contributed by atoms with Crippen molar-refractivity contribution in [2.75, 3.05) is 12.8 Å². The number of nitrogens with two attached hydrogens (primary N) is 1. The van der Waals surface area contributed by atoms with Crippen LogP contribution in [0.2, 0.25) is 0 Å². The third-order valence-corrected chi connectivity index (χ3v) is 2.84. The molecule has 1 aromatic carbocycles. The lowest BCUT2D eigenvalue weighted by Crippen LogP contribution is -2.11. The van der Waals surface area contributed by atoms with Gasteiger partial charge < -0.3 is 15.0 Å². The molecule has 0 unspecified atom stereocenters. The molecular weight excluding hydrogens is 261 g/mol. The maximum atomic E-state index is 13.3. The van der Waals surface area contributed by atoms with Crippen LogP contribution in [0.25, 0.3) is 0 Å². The number of benzene rings is 1. The summed E-state index contributed by atoms with van der Waals surface area (Å²) in [6.45, 7) is 0.155. The fraction of sp³-hybridized carbons (Fsp3) is 0.143. The number of aromatic nitrogens is 1. The molecule has 0 amide bonds. The van der Waals surface area contributed by atoms with E-state index in [1.54, 1.807) is 0 Å². The van der Waals surface area contributed by atoms with Crippen molar-refractivity contribution in [1.29, 1.82) is 5.26 Å². The van der Waals surface area contributed by atoms with Crippen molar-refractivity contribution >= 4 is 11.7 Å². The van der Waals surface area contributed by atoms with Gasteiger partial charge in [-0.15, -0.1) is 0 Å². The number of ether oxygens (including phenoxy) is 1. The maximum absolute atomic E-state index is 13.3. The topological polar surface area (TPSA) is 81.0 Å². The van der Waals surface area contributed by atoms with E-state index < -0.39 is 11.8 Å². The smallest absolute Gasteiger partial charge is 0.354 e. The summed E-state index contributed by atoms with van der Waals surface area (Å²) in [6.07, 6.45) is 1.54. The van der Waals surface area contributed by atoms with Gasteiger partial charge >= 0.3 is 5.97 Å². The van der Waals surface area contributed by atoms with Gasteiger partial charge in [-0.1, -0.05) is 0 Å². The normalized spacial score (nSPS) is 10.1. The number of hydrogen-bond acceptors (Lipinski definition) is 4. The minimum Gasteiger partial charge on any atom is -0.464 e. The van der Waals surface area contributed by atoms with Gasteiger partial charge in [0.2, 0.25) is 0 Å². The summed E-state index contributed by atoms with van der Waals surface area (Å²) in [7, 11) is 1.26. The molecule has 2 aromatic rings. The van der Waals surface area contributed by atoms with Crippen molar-refractivity contribution in [2.24, 2.45) is 0 Å². The van der Waals surface area contributed by atoms with E-state index in [0.29, 0.717) is 16.8 Å². The van der Waals surface area contributed by atoms with Crippen molar-refractivity contribution in [3.63, 3.8) is 0 Å². The van der Waals surface area contributed by atoms with Gasteiger partial charge in [0.05, 0.1) is 24.4 Å². The van der Waals surface area contributed by atoms with E-state index in [1.165, 1.54) is 42.1 Å². The molecule has 0 atom stereocenters. The third kappa shape index (κ3) is 2.62. The molecule has 2 N–H and O–H groups in total. The molecule has 0 aliphatic heterocycles. The number of carbonyl (C=O) groups is 1. The lowest BCUT2D eigenvalue weighted by Gasteiger charge is -2.09. The van der Waals surface area contributed by atoms with Crippen LogP contribution in [0.5, 0.6) is 0 Å². The summed E-state index contributed by atoms with van der Waals surface area (Å²) in [5.74, 6) is -0.990. The highest BCUT2D eigenvalue weighted by Gasteiger charge is 2.15. The number of anilines is 1. The van der Waals surface area contributed by atoms with E-state index in [0.717, 1.165) is 0 Å². The molecule has 5 nitrogen and oxygen atoms in total. The van der Waals surface area contributed by atoms with E-state index in [1.807, 2.05) is 6.07 Å². The molecule has 2 rings (SSSR count). The van der Waals surface area contributed by atoms with E-state index in [9.17, 15) is 9.18 Å². The molecule has 0 saturated heterocycles. The van der Waals surface area contributed by atoms with Crippen molar-refractivity contribution in [1.82, 2.24) is 4.57 Å². The average Bonchev–Trinajstić information content (AvgIpc) is 2.79. The van der Waals surface area contributed by atoms with Crippen molar-refractivity contribution in [2.45, 2.75) is 6.54 Å². The van der Waals surface area contributed by atoms with Crippen molar-refractivity contribution < 1.29 is 13.9 Å². The average molecular weight is 273 g/mol. The highest BCUT2D eigenvalue weighted by molar-refractivity contribution is 5.89. The van der Waals surface area contributed by atoms with Crippen LogP contribution < -0.4 is 5.73 Å². The lowest BCUT2D eigenvalue weighted by molar-refractivity contribution is 0.0589. The Hall–Kier alpha value is -2.81. The predicted molar refractivity (Wildman–Crippen MR) is 70.4 cm³/mol. The van der Waals surface area contributed by atoms with E-state index in [-0.39, 0.29) is 12.2 Å². The summed E-state index contributed by atoms with van der Waals surface area (Å²) in [5, 5.41) is 9.02. The van der Waals surface area contributed by atoms with Crippen molar-refractivity contribution in [3.05, 3.63) is 53.1 Å². The summed E-state index contributed by atoms with van der Waals surface area (Å²) >= 11 is 0. The first-order chi connectivity index (χ1) is 9.55. The summed E-state index contributed by atoms with van der Waals surface area (Å²) in [5.41, 5.74) is 7.10. The fourth-order valence-corrected chi connectivity index (χ4v) is 1.92. The van der Waals surface area contributed by atoms with Gasteiger partial charge in [0.15, 0.2) is 0 Å². The van der Waals surface area contributed by atoms with E-state index >= 15 is 0 Å². The quantitative estimate of drug-likeness (QED) is 0.866. The molecule has 6 heteroatoms. The van der Waals surface area contributed by atoms with Crippen LogP contribution in [-0.4, -0.2) is 17.6 Å². The first-order valence-corrected chi connectivity index (χ1v) is 5.77. The number of rotatable bonds is 3. The second kappa shape index (κ2) is 5.45. The van der Waals surface area contributed by atoms with E-state index in [4.69, 9.17) is 11.0 Å². The predicted octanol–water partition coefficient (Wildman–Crippen LogP) is 1.92. The summed E-state index contributed by atoms with van der Waals surface area (Å²) in [4.78, 5) is 11.6. The van der Waals surface area contributed by atoms with Crippen LogP contribution in [0.3, 0.4) is 0 Å². The second-order valence-corrected chi connectivity index (χ2v) is 4.19. The van der Waals surface area contributed by atoms with Gasteiger partial charge in [0.1, 0.15) is 11.5 Å². The van der Waals surface area contributed by atoms with E-state index in [2.05, 4.69) is 4.74 Å². The van der Waals surface area contributed by atoms with Gasteiger partial charge in [0, 0.05) is 12.7 Å². The van der Waals surface area contributed by atoms with Crippen LogP contribution in [-0.2, 0) is 11.3 Å². The SMILES string of the molecule is COC(=O)c1cc(N)cn1Cc1cc(F)ccc1C#N. The first kappa shape index (κ1) is 13.6.